The molecule has 0 saturated heterocycles. The molecule has 0 aromatic heterocycles. The predicted octanol–water partition coefficient (Wildman–Crippen LogP) is 1.49. The summed E-state index contributed by atoms with van der Waals surface area (Å²) in [4.78, 5) is 10.5. The summed E-state index contributed by atoms with van der Waals surface area (Å²) in [7, 11) is 0. The fraction of sp³-hybridized carbons (Fsp3) is 0.222. The van der Waals surface area contributed by atoms with Crippen LogP contribution in [0.15, 0.2) is 30.3 Å². The van der Waals surface area contributed by atoms with Crippen LogP contribution in [0.4, 0.5) is 0 Å². The summed E-state index contributed by atoms with van der Waals surface area (Å²) in [5.41, 5.74) is 0.847. The van der Waals surface area contributed by atoms with E-state index in [1.165, 1.54) is 0 Å². The van der Waals surface area contributed by atoms with Crippen LogP contribution in [0, 0.1) is 0 Å². The molecule has 0 heterocycles. The van der Waals surface area contributed by atoms with Gasteiger partial charge >= 0.3 is 5.97 Å². The number of aliphatic carboxylic acids is 1. The first kappa shape index (κ1) is 11.9. The molecule has 2 radical (unpaired) electrons. The molecule has 1 rings (SSSR count). The maximum Gasteiger partial charge on any atom is 0.310 e. The summed E-state index contributed by atoms with van der Waals surface area (Å²) in [5.74, 6) is -1.19. The monoisotopic (exact) mass is 190 g/mol. The number of hydrogen-bond donors (Lipinski definition) is 1. The first-order valence-electron chi connectivity index (χ1n) is 3.49. The van der Waals surface area contributed by atoms with Gasteiger partial charge in [-0.15, -0.1) is 0 Å². The fourth-order valence-electron chi connectivity index (χ4n) is 0.884. The van der Waals surface area contributed by atoms with Crippen molar-refractivity contribution < 1.29 is 9.90 Å². The average molecular weight is 190 g/mol. The van der Waals surface area contributed by atoms with Gasteiger partial charge in [0, 0.05) is 37.7 Å². The van der Waals surface area contributed by atoms with Gasteiger partial charge in [0.05, 0.1) is 5.92 Å². The van der Waals surface area contributed by atoms with E-state index in [0.717, 1.165) is 5.56 Å². The van der Waals surface area contributed by atoms with Gasteiger partial charge in [0.15, 0.2) is 0 Å². The largest absolute Gasteiger partial charge is 0.481 e. The molecular formula is C9H10CaO2. The van der Waals surface area contributed by atoms with E-state index in [9.17, 15) is 4.79 Å². The molecule has 0 fully saturated rings. The van der Waals surface area contributed by atoms with Crippen molar-refractivity contribution in [2.75, 3.05) is 0 Å². The van der Waals surface area contributed by atoms with Crippen LogP contribution in [0.2, 0.25) is 0 Å². The molecule has 0 amide bonds. The molecule has 0 spiro atoms. The van der Waals surface area contributed by atoms with E-state index >= 15 is 0 Å². The molecule has 3 heteroatoms. The van der Waals surface area contributed by atoms with Crippen molar-refractivity contribution in [3.63, 3.8) is 0 Å². The normalized spacial score (nSPS) is 11.4. The number of carbonyl (C=O) groups is 1. The minimum Gasteiger partial charge on any atom is -0.481 e. The Morgan fingerprint density at radius 3 is 2.25 bits per heavy atom. The van der Waals surface area contributed by atoms with Gasteiger partial charge in [-0.25, -0.2) is 0 Å². The van der Waals surface area contributed by atoms with Crippen LogP contribution in [-0.4, -0.2) is 48.8 Å². The second kappa shape index (κ2) is 5.57. The molecule has 60 valence electrons. The van der Waals surface area contributed by atoms with Gasteiger partial charge in [-0.2, -0.15) is 0 Å². The Bertz CT molecular complexity index is 246. The molecule has 1 atom stereocenters. The topological polar surface area (TPSA) is 37.3 Å². The van der Waals surface area contributed by atoms with E-state index in [1.54, 1.807) is 6.92 Å². The van der Waals surface area contributed by atoms with Crippen molar-refractivity contribution in [1.82, 2.24) is 0 Å². The number of benzene rings is 1. The van der Waals surface area contributed by atoms with Crippen molar-refractivity contribution in [1.29, 1.82) is 0 Å². The molecule has 0 bridgehead atoms. The van der Waals surface area contributed by atoms with Crippen LogP contribution >= 0.6 is 0 Å². The molecule has 1 aromatic carbocycles. The Balaban J connectivity index is 0.00000121. The van der Waals surface area contributed by atoms with E-state index < -0.39 is 11.9 Å². The van der Waals surface area contributed by atoms with Crippen LogP contribution in [-0.2, 0) is 4.79 Å². The summed E-state index contributed by atoms with van der Waals surface area (Å²) in [6.07, 6.45) is 0. The average Bonchev–Trinajstić information content (AvgIpc) is 2.05. The van der Waals surface area contributed by atoms with Gasteiger partial charge in [-0.1, -0.05) is 30.3 Å². The van der Waals surface area contributed by atoms with Crippen molar-refractivity contribution in [2.45, 2.75) is 12.8 Å². The first-order valence-corrected chi connectivity index (χ1v) is 3.49. The van der Waals surface area contributed by atoms with Crippen LogP contribution in [0.1, 0.15) is 18.4 Å². The second-order valence-corrected chi connectivity index (χ2v) is 2.47. The van der Waals surface area contributed by atoms with Crippen LogP contribution in [0.5, 0.6) is 0 Å². The number of rotatable bonds is 2. The third kappa shape index (κ3) is 3.13. The zero-order chi connectivity index (χ0) is 8.27. The van der Waals surface area contributed by atoms with E-state index in [1.807, 2.05) is 30.3 Å². The molecule has 12 heavy (non-hydrogen) atoms. The molecule has 2 nitrogen and oxygen atoms in total. The van der Waals surface area contributed by atoms with Crippen LogP contribution in [0.3, 0.4) is 0 Å². The van der Waals surface area contributed by atoms with E-state index in [2.05, 4.69) is 0 Å². The third-order valence-corrected chi connectivity index (χ3v) is 1.67. The van der Waals surface area contributed by atoms with Gasteiger partial charge in [0.2, 0.25) is 0 Å². The number of carboxylic acid groups (broad SMARTS) is 1. The molecule has 0 aliphatic carbocycles. The Morgan fingerprint density at radius 2 is 1.83 bits per heavy atom. The van der Waals surface area contributed by atoms with Crippen LogP contribution < -0.4 is 0 Å². The van der Waals surface area contributed by atoms with Gasteiger partial charge in [0.1, 0.15) is 0 Å². The van der Waals surface area contributed by atoms with E-state index in [-0.39, 0.29) is 37.7 Å². The van der Waals surface area contributed by atoms with Gasteiger partial charge in [-0.05, 0) is 12.5 Å². The Labute approximate surface area is 102 Å². The van der Waals surface area contributed by atoms with Crippen LogP contribution in [0.25, 0.3) is 0 Å². The fourth-order valence-corrected chi connectivity index (χ4v) is 0.884. The smallest absolute Gasteiger partial charge is 0.310 e. The Kier molecular flexibility index (Phi) is 5.55. The molecule has 0 aliphatic rings. The number of carboxylic acids is 1. The van der Waals surface area contributed by atoms with Gasteiger partial charge in [-0.3, -0.25) is 4.79 Å². The summed E-state index contributed by atoms with van der Waals surface area (Å²) in [6.45, 7) is 1.68. The maximum atomic E-state index is 10.5. The molecule has 0 saturated carbocycles. The zero-order valence-corrected chi connectivity index (χ0v) is 9.24. The van der Waals surface area contributed by atoms with E-state index in [4.69, 9.17) is 5.11 Å². The minimum atomic E-state index is -0.781. The summed E-state index contributed by atoms with van der Waals surface area (Å²) in [5, 5.41) is 8.64. The predicted molar refractivity (Wildman–Crippen MR) is 48.2 cm³/mol. The maximum absolute atomic E-state index is 10.5. The second-order valence-electron chi connectivity index (χ2n) is 2.47. The zero-order valence-electron chi connectivity index (χ0n) is 7.03. The first-order chi connectivity index (χ1) is 5.22. The number of hydrogen-bond acceptors (Lipinski definition) is 1. The Morgan fingerprint density at radius 1 is 1.33 bits per heavy atom. The van der Waals surface area contributed by atoms with E-state index in [0.29, 0.717) is 0 Å². The van der Waals surface area contributed by atoms with Crippen molar-refractivity contribution in [2.24, 2.45) is 0 Å². The molecule has 1 N–H and O–H groups in total. The summed E-state index contributed by atoms with van der Waals surface area (Å²) < 4.78 is 0. The molecule has 1 aromatic rings. The quantitative estimate of drug-likeness (QED) is 0.717. The summed E-state index contributed by atoms with van der Waals surface area (Å²) in [6, 6.07) is 9.19. The SMILES string of the molecule is CC(C(=O)O)c1ccccc1.[Ca]. The third-order valence-electron chi connectivity index (χ3n) is 1.67. The van der Waals surface area contributed by atoms with Gasteiger partial charge < -0.3 is 5.11 Å². The standard InChI is InChI=1S/C9H10O2.Ca/c1-7(9(10)11)8-5-3-2-4-6-8;/h2-7H,1H3,(H,10,11);. The molecule has 1 unspecified atom stereocenters. The minimum absolute atomic E-state index is 0. The van der Waals surface area contributed by atoms with Crippen molar-refractivity contribution >= 4 is 43.7 Å². The Hall–Kier alpha value is -0.0503. The summed E-state index contributed by atoms with van der Waals surface area (Å²) >= 11 is 0. The molecular weight excluding hydrogens is 180 g/mol. The van der Waals surface area contributed by atoms with Crippen molar-refractivity contribution in [3.05, 3.63) is 35.9 Å². The molecule has 0 aliphatic heterocycles. The van der Waals surface area contributed by atoms with Gasteiger partial charge in [0.25, 0.3) is 0 Å². The van der Waals surface area contributed by atoms with Crippen molar-refractivity contribution in [3.8, 4) is 0 Å².